The van der Waals surface area contributed by atoms with Crippen LogP contribution in [0.5, 0.6) is 0 Å². The van der Waals surface area contributed by atoms with Crippen LogP contribution in [0.2, 0.25) is 0 Å². The molecule has 2 aliphatic heterocycles. The second kappa shape index (κ2) is 12.8. The lowest BCUT2D eigenvalue weighted by molar-refractivity contribution is -0.133. The summed E-state index contributed by atoms with van der Waals surface area (Å²) in [5, 5.41) is 6.84. The zero-order chi connectivity index (χ0) is 19.8. The Morgan fingerprint density at radius 2 is 1.89 bits per heavy atom. The lowest BCUT2D eigenvalue weighted by Crippen LogP contribution is -2.46. The molecule has 8 heteroatoms. The zero-order valence-electron chi connectivity index (χ0n) is 18.2. The lowest BCUT2D eigenvalue weighted by atomic mass is 10.2. The SMILES string of the molecule is CCNC(=NCCCN1CC(C)OC(C)C1)NC1CCN(C(=O)C(C)C)C1.I. The van der Waals surface area contributed by atoms with Crippen LogP contribution in [0.3, 0.4) is 0 Å². The van der Waals surface area contributed by atoms with Gasteiger partial charge in [0.25, 0.3) is 0 Å². The Bertz CT molecular complexity index is 493. The van der Waals surface area contributed by atoms with E-state index in [-0.39, 0.29) is 41.8 Å². The van der Waals surface area contributed by atoms with Crippen LogP contribution in [0.1, 0.15) is 47.5 Å². The third kappa shape index (κ3) is 8.41. The van der Waals surface area contributed by atoms with Crippen LogP contribution in [0.4, 0.5) is 0 Å². The van der Waals surface area contributed by atoms with Crippen molar-refractivity contribution in [3.8, 4) is 0 Å². The largest absolute Gasteiger partial charge is 0.373 e. The van der Waals surface area contributed by atoms with Gasteiger partial charge in [-0.2, -0.15) is 0 Å². The highest BCUT2D eigenvalue weighted by Crippen LogP contribution is 2.13. The molecule has 2 fully saturated rings. The van der Waals surface area contributed by atoms with Crippen molar-refractivity contribution in [3.63, 3.8) is 0 Å². The number of carbonyl (C=O) groups is 1. The van der Waals surface area contributed by atoms with Crippen molar-refractivity contribution in [1.29, 1.82) is 0 Å². The van der Waals surface area contributed by atoms with Crippen molar-refractivity contribution in [2.24, 2.45) is 10.9 Å². The van der Waals surface area contributed by atoms with Crippen LogP contribution in [-0.2, 0) is 9.53 Å². The first-order chi connectivity index (χ1) is 12.9. The zero-order valence-corrected chi connectivity index (χ0v) is 20.6. The van der Waals surface area contributed by atoms with Gasteiger partial charge in [0.05, 0.1) is 12.2 Å². The molecule has 0 aliphatic carbocycles. The molecule has 0 aromatic heterocycles. The van der Waals surface area contributed by atoms with Crippen molar-refractivity contribution < 1.29 is 9.53 Å². The highest BCUT2D eigenvalue weighted by Gasteiger charge is 2.28. The number of aliphatic imine (C=N–C) groups is 1. The molecule has 2 N–H and O–H groups in total. The molecule has 3 atom stereocenters. The van der Waals surface area contributed by atoms with Gasteiger partial charge in [0, 0.05) is 57.8 Å². The summed E-state index contributed by atoms with van der Waals surface area (Å²) in [7, 11) is 0. The summed E-state index contributed by atoms with van der Waals surface area (Å²) < 4.78 is 5.79. The average Bonchev–Trinajstić information content (AvgIpc) is 3.05. The predicted molar refractivity (Wildman–Crippen MR) is 125 cm³/mol. The van der Waals surface area contributed by atoms with Crippen LogP contribution >= 0.6 is 24.0 Å². The Kier molecular flexibility index (Phi) is 11.7. The van der Waals surface area contributed by atoms with E-state index in [4.69, 9.17) is 9.73 Å². The summed E-state index contributed by atoms with van der Waals surface area (Å²) in [5.74, 6) is 1.18. The molecule has 2 saturated heterocycles. The summed E-state index contributed by atoms with van der Waals surface area (Å²) in [4.78, 5) is 21.3. The van der Waals surface area contributed by atoms with Gasteiger partial charge in [0.2, 0.25) is 5.91 Å². The normalized spacial score (nSPS) is 26.3. The van der Waals surface area contributed by atoms with Gasteiger partial charge in [-0.05, 0) is 33.6 Å². The first kappa shape index (κ1) is 25.4. The van der Waals surface area contributed by atoms with E-state index in [1.807, 2.05) is 18.7 Å². The summed E-state index contributed by atoms with van der Waals surface area (Å²) in [5.41, 5.74) is 0. The Labute approximate surface area is 188 Å². The Morgan fingerprint density at radius 3 is 2.50 bits per heavy atom. The van der Waals surface area contributed by atoms with Crippen molar-refractivity contribution >= 4 is 35.8 Å². The van der Waals surface area contributed by atoms with Crippen molar-refractivity contribution in [1.82, 2.24) is 20.4 Å². The van der Waals surface area contributed by atoms with E-state index in [9.17, 15) is 4.79 Å². The Hall–Kier alpha value is -0.610. The highest BCUT2D eigenvalue weighted by molar-refractivity contribution is 14.0. The number of hydrogen-bond acceptors (Lipinski definition) is 4. The van der Waals surface area contributed by atoms with E-state index in [0.717, 1.165) is 64.6 Å². The molecule has 0 saturated carbocycles. The predicted octanol–water partition coefficient (Wildman–Crippen LogP) is 1.92. The molecule has 164 valence electrons. The first-order valence-corrected chi connectivity index (χ1v) is 10.6. The number of carbonyl (C=O) groups excluding carboxylic acids is 1. The standard InChI is InChI=1S/C20H39N5O2.HI/c1-6-21-20(23-18-8-11-25(14-18)19(26)15(2)3)22-9-7-10-24-12-16(4)27-17(5)13-24;/h15-18H,6-14H2,1-5H3,(H2,21,22,23);1H. The molecule has 2 rings (SSSR count). The summed E-state index contributed by atoms with van der Waals surface area (Å²) in [6, 6.07) is 0.284. The number of ether oxygens (including phenoxy) is 1. The van der Waals surface area contributed by atoms with Crippen LogP contribution in [0.25, 0.3) is 0 Å². The van der Waals surface area contributed by atoms with Gasteiger partial charge in [-0.1, -0.05) is 13.8 Å². The topological polar surface area (TPSA) is 69.2 Å². The number of amides is 1. The minimum Gasteiger partial charge on any atom is -0.373 e. The van der Waals surface area contributed by atoms with E-state index >= 15 is 0 Å². The molecule has 2 heterocycles. The fourth-order valence-corrected chi connectivity index (χ4v) is 3.91. The minimum atomic E-state index is 0. The first-order valence-electron chi connectivity index (χ1n) is 10.6. The highest BCUT2D eigenvalue weighted by atomic mass is 127. The van der Waals surface area contributed by atoms with E-state index in [1.165, 1.54) is 0 Å². The van der Waals surface area contributed by atoms with Gasteiger partial charge in [-0.15, -0.1) is 24.0 Å². The number of guanidine groups is 1. The number of morpholine rings is 1. The van der Waals surface area contributed by atoms with E-state index in [0.29, 0.717) is 12.2 Å². The van der Waals surface area contributed by atoms with Gasteiger partial charge < -0.3 is 20.3 Å². The molecule has 0 bridgehead atoms. The fraction of sp³-hybridized carbons (Fsp3) is 0.900. The quantitative estimate of drug-likeness (QED) is 0.238. The maximum atomic E-state index is 12.1. The number of nitrogens with zero attached hydrogens (tertiary/aromatic N) is 3. The smallest absolute Gasteiger partial charge is 0.225 e. The molecule has 7 nitrogen and oxygen atoms in total. The Morgan fingerprint density at radius 1 is 1.21 bits per heavy atom. The van der Waals surface area contributed by atoms with E-state index in [1.54, 1.807) is 0 Å². The van der Waals surface area contributed by atoms with Crippen LogP contribution < -0.4 is 10.6 Å². The molecule has 0 radical (unpaired) electrons. The Balaban J connectivity index is 0.00000392. The number of nitrogens with one attached hydrogen (secondary N) is 2. The van der Waals surface area contributed by atoms with Gasteiger partial charge in [0.1, 0.15) is 0 Å². The molecule has 0 aromatic carbocycles. The number of rotatable bonds is 7. The fourth-order valence-electron chi connectivity index (χ4n) is 3.91. The summed E-state index contributed by atoms with van der Waals surface area (Å²) in [6.45, 7) is 16.6. The van der Waals surface area contributed by atoms with Crippen LogP contribution in [0, 0.1) is 5.92 Å². The molecular weight excluding hydrogens is 469 g/mol. The van der Waals surface area contributed by atoms with Crippen molar-refractivity contribution in [2.75, 3.05) is 45.8 Å². The number of likely N-dealkylation sites (tertiary alicyclic amines) is 1. The average molecular weight is 509 g/mol. The minimum absolute atomic E-state index is 0. The van der Waals surface area contributed by atoms with Gasteiger partial charge >= 0.3 is 0 Å². The van der Waals surface area contributed by atoms with E-state index in [2.05, 4.69) is 36.3 Å². The maximum Gasteiger partial charge on any atom is 0.225 e. The number of hydrogen-bond donors (Lipinski definition) is 2. The van der Waals surface area contributed by atoms with Gasteiger partial charge in [-0.25, -0.2) is 0 Å². The molecule has 28 heavy (non-hydrogen) atoms. The summed E-state index contributed by atoms with van der Waals surface area (Å²) in [6.07, 6.45) is 2.65. The molecule has 0 aromatic rings. The second-order valence-electron chi connectivity index (χ2n) is 8.20. The van der Waals surface area contributed by atoms with Crippen molar-refractivity contribution in [3.05, 3.63) is 0 Å². The third-order valence-electron chi connectivity index (χ3n) is 5.08. The lowest BCUT2D eigenvalue weighted by Gasteiger charge is -2.35. The van der Waals surface area contributed by atoms with Crippen LogP contribution in [-0.4, -0.2) is 85.7 Å². The third-order valence-corrected chi connectivity index (χ3v) is 5.08. The molecule has 0 spiro atoms. The van der Waals surface area contributed by atoms with E-state index < -0.39 is 0 Å². The van der Waals surface area contributed by atoms with Crippen molar-refractivity contribution in [2.45, 2.75) is 65.7 Å². The molecule has 3 unspecified atom stereocenters. The van der Waals surface area contributed by atoms with Crippen LogP contribution in [0.15, 0.2) is 4.99 Å². The van der Waals surface area contributed by atoms with Gasteiger partial charge in [-0.3, -0.25) is 14.7 Å². The second-order valence-corrected chi connectivity index (χ2v) is 8.20. The summed E-state index contributed by atoms with van der Waals surface area (Å²) >= 11 is 0. The number of halogens is 1. The molecular formula is C20H40IN5O2. The molecule has 1 amide bonds. The van der Waals surface area contributed by atoms with Gasteiger partial charge in [0.15, 0.2) is 5.96 Å². The maximum absolute atomic E-state index is 12.1. The molecule has 2 aliphatic rings. The monoisotopic (exact) mass is 509 g/mol.